The minimum absolute atomic E-state index is 0.142. The van der Waals surface area contributed by atoms with Gasteiger partial charge < -0.3 is 11.1 Å². The molecule has 2 rings (SSSR count). The fraction of sp³-hybridized carbons (Fsp3) is 0.316. The second-order valence-corrected chi connectivity index (χ2v) is 8.38. The molecule has 26 heavy (non-hydrogen) atoms. The van der Waals surface area contributed by atoms with E-state index in [1.54, 1.807) is 13.8 Å². The van der Waals surface area contributed by atoms with E-state index in [1.807, 2.05) is 24.3 Å². The first-order valence-electron chi connectivity index (χ1n) is 8.42. The summed E-state index contributed by atoms with van der Waals surface area (Å²) in [5.74, 6) is -0.235. The van der Waals surface area contributed by atoms with Crippen LogP contribution < -0.4 is 11.1 Å². The first kappa shape index (κ1) is 19.9. The van der Waals surface area contributed by atoms with Gasteiger partial charge in [0.2, 0.25) is 10.0 Å². The van der Waals surface area contributed by atoms with Crippen molar-refractivity contribution >= 4 is 21.6 Å². The SMILES string of the molecule is CC(C)N(C)S(=O)(=O)c1ccc(C(=O)NCCc2ccc(N)cc2)cc1. The summed E-state index contributed by atoms with van der Waals surface area (Å²) >= 11 is 0. The maximum atomic E-state index is 12.4. The maximum Gasteiger partial charge on any atom is 0.251 e. The summed E-state index contributed by atoms with van der Waals surface area (Å²) in [4.78, 5) is 12.4. The summed E-state index contributed by atoms with van der Waals surface area (Å²) in [5.41, 5.74) is 7.85. The zero-order chi connectivity index (χ0) is 19.3. The molecule has 2 aromatic rings. The third kappa shape index (κ3) is 4.83. The number of rotatable bonds is 7. The molecule has 0 aromatic heterocycles. The third-order valence-electron chi connectivity index (χ3n) is 4.20. The Kier molecular flexibility index (Phi) is 6.39. The zero-order valence-electron chi connectivity index (χ0n) is 15.3. The fourth-order valence-corrected chi connectivity index (χ4v) is 3.70. The summed E-state index contributed by atoms with van der Waals surface area (Å²) in [6.45, 7) is 4.10. The molecule has 0 aliphatic rings. The van der Waals surface area contributed by atoms with E-state index in [1.165, 1.54) is 35.6 Å². The maximum absolute atomic E-state index is 12.4. The molecule has 0 unspecified atom stereocenters. The van der Waals surface area contributed by atoms with Crippen molar-refractivity contribution in [3.63, 3.8) is 0 Å². The topological polar surface area (TPSA) is 92.5 Å². The smallest absolute Gasteiger partial charge is 0.251 e. The Morgan fingerprint density at radius 3 is 2.19 bits per heavy atom. The summed E-state index contributed by atoms with van der Waals surface area (Å²) < 4.78 is 26.1. The van der Waals surface area contributed by atoms with Gasteiger partial charge in [0.05, 0.1) is 4.90 Å². The molecule has 0 fully saturated rings. The second-order valence-electron chi connectivity index (χ2n) is 6.39. The van der Waals surface area contributed by atoms with Crippen molar-refractivity contribution in [3.8, 4) is 0 Å². The van der Waals surface area contributed by atoms with E-state index in [9.17, 15) is 13.2 Å². The molecule has 0 aliphatic heterocycles. The Hall–Kier alpha value is -2.38. The van der Waals surface area contributed by atoms with E-state index in [4.69, 9.17) is 5.73 Å². The van der Waals surface area contributed by atoms with Gasteiger partial charge in [-0.15, -0.1) is 0 Å². The number of benzene rings is 2. The summed E-state index contributed by atoms with van der Waals surface area (Å²) in [7, 11) is -2.01. The predicted octanol–water partition coefficient (Wildman–Crippen LogP) is 2.27. The van der Waals surface area contributed by atoms with Crippen LogP contribution in [0.5, 0.6) is 0 Å². The van der Waals surface area contributed by atoms with Crippen LogP contribution in [0.2, 0.25) is 0 Å². The molecule has 0 radical (unpaired) electrons. The van der Waals surface area contributed by atoms with E-state index in [2.05, 4.69) is 5.32 Å². The number of hydrogen-bond donors (Lipinski definition) is 2. The molecule has 0 spiro atoms. The average molecular weight is 375 g/mol. The van der Waals surface area contributed by atoms with E-state index in [-0.39, 0.29) is 16.8 Å². The lowest BCUT2D eigenvalue weighted by atomic mass is 10.1. The number of nitrogens with one attached hydrogen (secondary N) is 1. The van der Waals surface area contributed by atoms with E-state index in [0.717, 1.165) is 5.56 Å². The summed E-state index contributed by atoms with van der Waals surface area (Å²) in [6.07, 6.45) is 0.692. The van der Waals surface area contributed by atoms with Gasteiger partial charge in [-0.2, -0.15) is 4.31 Å². The number of sulfonamides is 1. The van der Waals surface area contributed by atoms with Crippen LogP contribution in [0.15, 0.2) is 53.4 Å². The zero-order valence-corrected chi connectivity index (χ0v) is 16.1. The van der Waals surface area contributed by atoms with Crippen LogP contribution in [-0.2, 0) is 16.4 Å². The minimum atomic E-state index is -3.55. The van der Waals surface area contributed by atoms with Crippen molar-refractivity contribution in [2.75, 3.05) is 19.3 Å². The molecule has 0 atom stereocenters. The Balaban J connectivity index is 1.97. The molecular weight excluding hydrogens is 350 g/mol. The molecule has 6 nitrogen and oxygen atoms in total. The van der Waals surface area contributed by atoms with Gasteiger partial charge in [-0.1, -0.05) is 12.1 Å². The van der Waals surface area contributed by atoms with Gasteiger partial charge in [0, 0.05) is 30.9 Å². The van der Waals surface area contributed by atoms with Gasteiger partial charge in [-0.05, 0) is 62.2 Å². The van der Waals surface area contributed by atoms with Crippen molar-refractivity contribution in [3.05, 3.63) is 59.7 Å². The third-order valence-corrected chi connectivity index (χ3v) is 6.25. The van der Waals surface area contributed by atoms with Crippen molar-refractivity contribution in [2.24, 2.45) is 0 Å². The highest BCUT2D eigenvalue weighted by Crippen LogP contribution is 2.17. The Bertz CT molecular complexity index is 845. The van der Waals surface area contributed by atoms with Crippen molar-refractivity contribution in [2.45, 2.75) is 31.2 Å². The highest BCUT2D eigenvalue weighted by Gasteiger charge is 2.23. The summed E-state index contributed by atoms with van der Waals surface area (Å²) in [6, 6.07) is 13.3. The molecule has 1 amide bonds. The molecule has 0 aliphatic carbocycles. The number of amides is 1. The van der Waals surface area contributed by atoms with E-state index in [0.29, 0.717) is 24.2 Å². The van der Waals surface area contributed by atoms with Crippen molar-refractivity contribution in [1.82, 2.24) is 9.62 Å². The Morgan fingerprint density at radius 2 is 1.65 bits per heavy atom. The number of nitrogen functional groups attached to an aromatic ring is 1. The lowest BCUT2D eigenvalue weighted by Crippen LogP contribution is -2.33. The number of carbonyl (C=O) groups excluding carboxylic acids is 1. The van der Waals surface area contributed by atoms with Crippen molar-refractivity contribution in [1.29, 1.82) is 0 Å². The van der Waals surface area contributed by atoms with E-state index >= 15 is 0 Å². The molecule has 2 aromatic carbocycles. The predicted molar refractivity (Wildman–Crippen MR) is 103 cm³/mol. The highest BCUT2D eigenvalue weighted by atomic mass is 32.2. The molecule has 3 N–H and O–H groups in total. The highest BCUT2D eigenvalue weighted by molar-refractivity contribution is 7.89. The lowest BCUT2D eigenvalue weighted by molar-refractivity contribution is 0.0954. The normalized spacial score (nSPS) is 11.7. The first-order valence-corrected chi connectivity index (χ1v) is 9.86. The fourth-order valence-electron chi connectivity index (χ4n) is 2.33. The first-order chi connectivity index (χ1) is 12.2. The molecule has 7 heteroatoms. The van der Waals surface area contributed by atoms with Gasteiger partial charge in [-0.3, -0.25) is 4.79 Å². The summed E-state index contributed by atoms with van der Waals surface area (Å²) in [5, 5.41) is 2.83. The Morgan fingerprint density at radius 1 is 1.08 bits per heavy atom. The van der Waals surface area contributed by atoms with Crippen LogP contribution in [0.3, 0.4) is 0 Å². The number of carbonyl (C=O) groups is 1. The largest absolute Gasteiger partial charge is 0.399 e. The van der Waals surface area contributed by atoms with Crippen LogP contribution in [0.25, 0.3) is 0 Å². The minimum Gasteiger partial charge on any atom is -0.399 e. The van der Waals surface area contributed by atoms with Crippen LogP contribution in [0.1, 0.15) is 29.8 Å². The lowest BCUT2D eigenvalue weighted by Gasteiger charge is -2.21. The van der Waals surface area contributed by atoms with Crippen LogP contribution in [-0.4, -0.2) is 38.3 Å². The van der Waals surface area contributed by atoms with Gasteiger partial charge >= 0.3 is 0 Å². The Labute approximate surface area is 155 Å². The van der Waals surface area contributed by atoms with Crippen LogP contribution >= 0.6 is 0 Å². The number of anilines is 1. The standard InChI is InChI=1S/C19H25N3O3S/c1-14(2)22(3)26(24,25)18-10-6-16(7-11-18)19(23)21-13-12-15-4-8-17(20)9-5-15/h4-11,14H,12-13,20H2,1-3H3,(H,21,23). The van der Waals surface area contributed by atoms with E-state index < -0.39 is 10.0 Å². The molecule has 0 heterocycles. The quantitative estimate of drug-likeness (QED) is 0.726. The van der Waals surface area contributed by atoms with Crippen molar-refractivity contribution < 1.29 is 13.2 Å². The molecular formula is C19H25N3O3S. The number of hydrogen-bond acceptors (Lipinski definition) is 4. The monoisotopic (exact) mass is 375 g/mol. The molecule has 0 saturated heterocycles. The van der Waals surface area contributed by atoms with Crippen LogP contribution in [0.4, 0.5) is 5.69 Å². The van der Waals surface area contributed by atoms with Gasteiger partial charge in [0.25, 0.3) is 5.91 Å². The molecule has 0 saturated carbocycles. The van der Waals surface area contributed by atoms with Gasteiger partial charge in [0.15, 0.2) is 0 Å². The van der Waals surface area contributed by atoms with Gasteiger partial charge in [-0.25, -0.2) is 8.42 Å². The molecule has 140 valence electrons. The van der Waals surface area contributed by atoms with Gasteiger partial charge in [0.1, 0.15) is 0 Å². The molecule has 0 bridgehead atoms. The average Bonchev–Trinajstić information content (AvgIpc) is 2.62. The van der Waals surface area contributed by atoms with Crippen LogP contribution in [0, 0.1) is 0 Å². The number of nitrogens with two attached hydrogens (primary N) is 1. The second kappa shape index (κ2) is 8.33. The number of nitrogens with zero attached hydrogens (tertiary/aromatic N) is 1.